The van der Waals surface area contributed by atoms with Crippen molar-refractivity contribution in [2.45, 2.75) is 12.2 Å². The van der Waals surface area contributed by atoms with Gasteiger partial charge in [0.1, 0.15) is 12.2 Å². The Morgan fingerprint density at radius 2 is 1.73 bits per heavy atom. The summed E-state index contributed by atoms with van der Waals surface area (Å²) in [6, 6.07) is 0. The Kier molecular flexibility index (Phi) is 7.25. The number of hydrogen-bond acceptors (Lipinski definition) is 17. The molecule has 2 aromatic heterocycles. The number of aromatic amines is 1. The first-order valence-corrected chi connectivity index (χ1v) is 11.6. The summed E-state index contributed by atoms with van der Waals surface area (Å²) in [5.41, 5.74) is 3.47. The van der Waals surface area contributed by atoms with Crippen LogP contribution in [0.25, 0.3) is 11.2 Å². The van der Waals surface area contributed by atoms with Crippen molar-refractivity contribution in [3.8, 4) is 0 Å². The van der Waals surface area contributed by atoms with Crippen LogP contribution in [0.3, 0.4) is 0 Å². The third-order valence-corrected chi connectivity index (χ3v) is 6.59. The fraction of sp³-hybridized carbons (Fsp3) is 0.333. The zero-order valence-corrected chi connectivity index (χ0v) is 16.8. The quantitative estimate of drug-likeness (QED) is 0.241. The van der Waals surface area contributed by atoms with Gasteiger partial charge in [0.15, 0.2) is 11.2 Å². The van der Waals surface area contributed by atoms with E-state index < -0.39 is 53.5 Å². The van der Waals surface area contributed by atoms with E-state index >= 15 is 0 Å². The number of nitrogens with two attached hydrogens (primary N) is 1. The van der Waals surface area contributed by atoms with Crippen LogP contribution in [0.15, 0.2) is 11.0 Å². The number of phosphoric ester groups is 1. The Labute approximate surface area is 164 Å². The molecule has 0 saturated carbocycles. The highest BCUT2D eigenvalue weighted by Crippen LogP contribution is 2.60. The van der Waals surface area contributed by atoms with Crippen molar-refractivity contribution in [3.63, 3.8) is 0 Å². The van der Waals surface area contributed by atoms with E-state index in [0.717, 1.165) is 6.20 Å². The lowest BCUT2D eigenvalue weighted by Gasteiger charge is -2.37. The van der Waals surface area contributed by atoms with E-state index in [1.165, 1.54) is 0 Å². The molecule has 2 rings (SSSR count). The molecule has 0 radical (unpaired) electrons. The summed E-state index contributed by atoms with van der Waals surface area (Å²) in [7, 11) is -18.2. The van der Waals surface area contributed by atoms with Gasteiger partial charge in [-0.3, -0.25) is 23.2 Å². The molecule has 5 N–H and O–H groups in total. The van der Waals surface area contributed by atoms with Gasteiger partial charge >= 0.3 is 0 Å². The standard InChI is InChI=1S/C9H14N5O13P3/c10-9-13-7-5(8(17)14-9)12-3(1-11-7)6(16)4(15)2-25-29(21,22)27-30(23,24)26-28(18,19)20/h1,4,6,15-16H,2H2,(H,21,22)(H,23,24)(H2,18,19,20)(H3,10,11,13,14,17)/p-4/t4-,6+/m1/s1. The van der Waals surface area contributed by atoms with Crippen LogP contribution in [-0.2, 0) is 26.8 Å². The minimum Gasteiger partial charge on any atom is -0.790 e. The molecule has 0 aliphatic heterocycles. The smallest absolute Gasteiger partial charge is 0.280 e. The number of fused-ring (bicyclic) bond motifs is 1. The number of phosphoric acid groups is 3. The Morgan fingerprint density at radius 3 is 2.33 bits per heavy atom. The summed E-state index contributed by atoms with van der Waals surface area (Å²) >= 11 is 0. The summed E-state index contributed by atoms with van der Waals surface area (Å²) in [5, 5.41) is 19.8. The molecule has 0 aromatic carbocycles. The Bertz CT molecular complexity index is 1130. The van der Waals surface area contributed by atoms with Crippen LogP contribution < -0.4 is 30.9 Å². The normalized spacial score (nSPS) is 18.5. The Balaban J connectivity index is 2.08. The van der Waals surface area contributed by atoms with Gasteiger partial charge in [-0.15, -0.1) is 0 Å². The predicted octanol–water partition coefficient (Wildman–Crippen LogP) is -4.50. The molecule has 0 fully saturated rings. The third kappa shape index (κ3) is 6.95. The van der Waals surface area contributed by atoms with Gasteiger partial charge in [0, 0.05) is 0 Å². The number of aliphatic hydroxyl groups is 2. The third-order valence-electron chi connectivity index (χ3n) is 2.93. The van der Waals surface area contributed by atoms with Gasteiger partial charge < -0.3 is 44.6 Å². The van der Waals surface area contributed by atoms with E-state index in [1.54, 1.807) is 0 Å². The Hall–Kier alpha value is -1.65. The number of aliphatic hydroxyl groups excluding tert-OH is 2. The van der Waals surface area contributed by atoms with E-state index in [2.05, 4.69) is 33.1 Å². The SMILES string of the molecule is Nc1nc2ncc([C@H](O)[C@H](O)COP(=O)([O-])OP(=O)([O-])OP(=O)([O-])[O-])nc2c(=O)[nH]1. The van der Waals surface area contributed by atoms with Crippen molar-refractivity contribution in [2.75, 3.05) is 12.3 Å². The molecule has 0 aliphatic rings. The van der Waals surface area contributed by atoms with E-state index in [1.807, 2.05) is 0 Å². The zero-order valence-electron chi connectivity index (χ0n) is 14.1. The molecule has 4 atom stereocenters. The number of anilines is 1. The number of H-pyrrole nitrogens is 1. The Morgan fingerprint density at radius 1 is 1.10 bits per heavy atom. The molecule has 21 heteroatoms. The number of nitrogen functional groups attached to an aromatic ring is 1. The van der Waals surface area contributed by atoms with E-state index in [9.17, 15) is 48.3 Å². The van der Waals surface area contributed by atoms with Gasteiger partial charge in [-0.25, -0.2) is 14.3 Å². The van der Waals surface area contributed by atoms with Crippen molar-refractivity contribution >= 4 is 40.6 Å². The van der Waals surface area contributed by atoms with Crippen LogP contribution in [0, 0.1) is 0 Å². The van der Waals surface area contributed by atoms with E-state index in [4.69, 9.17) is 5.73 Å². The van der Waals surface area contributed by atoms with Crippen molar-refractivity contribution in [2.24, 2.45) is 0 Å². The van der Waals surface area contributed by atoms with Crippen LogP contribution in [0.4, 0.5) is 5.95 Å². The molecule has 0 bridgehead atoms. The van der Waals surface area contributed by atoms with E-state index in [0.29, 0.717) is 0 Å². The molecule has 168 valence electrons. The summed E-state index contributed by atoms with van der Waals surface area (Å²) < 4.78 is 42.9. The average Bonchev–Trinajstić information content (AvgIpc) is 2.55. The molecule has 2 heterocycles. The monoisotopic (exact) mass is 489 g/mol. The topological polar surface area (TPSA) is 309 Å². The second kappa shape index (κ2) is 8.84. The first-order valence-electron chi connectivity index (χ1n) is 7.18. The van der Waals surface area contributed by atoms with Gasteiger partial charge in [-0.1, -0.05) is 0 Å². The summed E-state index contributed by atoms with van der Waals surface area (Å²) in [6.45, 7) is -1.33. The average molecular weight is 489 g/mol. The number of rotatable bonds is 9. The van der Waals surface area contributed by atoms with Crippen molar-refractivity contribution in [1.82, 2.24) is 19.9 Å². The maximum absolute atomic E-state index is 11.8. The highest BCUT2D eigenvalue weighted by Gasteiger charge is 2.26. The molecular formula is C9H10N5O13P3-4. The minimum atomic E-state index is -6.17. The highest BCUT2D eigenvalue weighted by molar-refractivity contribution is 7.64. The molecule has 0 spiro atoms. The molecule has 18 nitrogen and oxygen atoms in total. The van der Waals surface area contributed by atoms with Crippen molar-refractivity contribution in [1.29, 1.82) is 0 Å². The second-order valence-corrected chi connectivity index (χ2v) is 9.48. The van der Waals surface area contributed by atoms with Crippen LogP contribution in [0.5, 0.6) is 0 Å². The molecule has 30 heavy (non-hydrogen) atoms. The van der Waals surface area contributed by atoms with Gasteiger partial charge in [-0.05, 0) is 0 Å². The molecule has 2 unspecified atom stereocenters. The lowest BCUT2D eigenvalue weighted by Crippen LogP contribution is -2.27. The molecule has 0 saturated heterocycles. The maximum atomic E-state index is 11.8. The molecule has 2 aromatic rings. The first-order chi connectivity index (χ1) is 13.6. The number of nitrogens with one attached hydrogen (secondary N) is 1. The summed E-state index contributed by atoms with van der Waals surface area (Å²) in [6.07, 6.45) is -3.23. The van der Waals surface area contributed by atoms with Gasteiger partial charge in [0.05, 0.1) is 26.3 Å². The summed E-state index contributed by atoms with van der Waals surface area (Å²) in [5.74, 6) is -0.264. The van der Waals surface area contributed by atoms with Crippen molar-refractivity contribution < 1.29 is 56.6 Å². The lowest BCUT2D eigenvalue weighted by molar-refractivity contribution is -0.339. The second-order valence-electron chi connectivity index (χ2n) is 5.23. The largest absolute Gasteiger partial charge is 0.790 e. The van der Waals surface area contributed by atoms with Gasteiger partial charge in [0.2, 0.25) is 5.95 Å². The van der Waals surface area contributed by atoms with Crippen LogP contribution in [0.2, 0.25) is 0 Å². The number of hydrogen-bond donors (Lipinski definition) is 4. The van der Waals surface area contributed by atoms with Crippen LogP contribution in [0.1, 0.15) is 11.8 Å². The number of nitrogens with zero attached hydrogens (tertiary/aromatic N) is 3. The molecule has 0 aliphatic carbocycles. The first kappa shape index (κ1) is 24.6. The van der Waals surface area contributed by atoms with Gasteiger partial charge in [-0.2, -0.15) is 4.98 Å². The molecular weight excluding hydrogens is 479 g/mol. The van der Waals surface area contributed by atoms with Crippen LogP contribution in [-0.4, -0.2) is 42.9 Å². The maximum Gasteiger partial charge on any atom is 0.280 e. The fourth-order valence-electron chi connectivity index (χ4n) is 1.83. The predicted molar refractivity (Wildman–Crippen MR) is 84.3 cm³/mol. The lowest BCUT2D eigenvalue weighted by atomic mass is 10.1. The number of aromatic nitrogens is 4. The van der Waals surface area contributed by atoms with Crippen molar-refractivity contribution in [3.05, 3.63) is 22.2 Å². The fourth-order valence-corrected chi connectivity index (χ4v) is 4.70. The zero-order chi connectivity index (χ0) is 22.9. The van der Waals surface area contributed by atoms with Gasteiger partial charge in [0.25, 0.3) is 21.2 Å². The van der Waals surface area contributed by atoms with Crippen LogP contribution >= 0.6 is 23.5 Å². The van der Waals surface area contributed by atoms with E-state index in [-0.39, 0.29) is 17.1 Å². The summed E-state index contributed by atoms with van der Waals surface area (Å²) in [4.78, 5) is 67.8. The minimum absolute atomic E-state index is 0.198. The highest BCUT2D eigenvalue weighted by atomic mass is 31.3. The molecule has 0 amide bonds.